The summed E-state index contributed by atoms with van der Waals surface area (Å²) in [5, 5.41) is 22.3. The zero-order valence-corrected chi connectivity index (χ0v) is 9.31. The third kappa shape index (κ3) is 2.26. The fraction of sp³-hybridized carbons (Fsp3) is 0.200. The van der Waals surface area contributed by atoms with Gasteiger partial charge in [0.15, 0.2) is 5.17 Å². The fourth-order valence-electron chi connectivity index (χ4n) is 1.66. The second kappa shape index (κ2) is 4.50. The molecule has 0 unspecified atom stereocenters. The highest BCUT2D eigenvalue weighted by Crippen LogP contribution is 2.33. The lowest BCUT2D eigenvalue weighted by molar-refractivity contribution is 0.186. The Labute approximate surface area is 101 Å². The summed E-state index contributed by atoms with van der Waals surface area (Å²) >= 11 is 5.65. The van der Waals surface area contributed by atoms with E-state index < -0.39 is 6.09 Å². The molecule has 1 heterocycles. The minimum absolute atomic E-state index is 0.0500. The Hall–Kier alpha value is -1.95. The summed E-state index contributed by atoms with van der Waals surface area (Å²) in [6.45, 7) is 0.235. The number of carbonyl (C=O) groups is 1. The van der Waals surface area contributed by atoms with Crippen molar-refractivity contribution in [1.82, 2.24) is 5.32 Å². The van der Waals surface area contributed by atoms with Crippen LogP contribution in [0.4, 0.5) is 4.79 Å². The van der Waals surface area contributed by atoms with Gasteiger partial charge in [0.25, 0.3) is 0 Å². The monoisotopic (exact) mass is 256 g/mol. The van der Waals surface area contributed by atoms with Crippen LogP contribution in [0.5, 0.6) is 5.75 Å². The molecule has 1 aromatic carbocycles. The van der Waals surface area contributed by atoms with Gasteiger partial charge in [-0.05, 0) is 6.07 Å². The predicted molar refractivity (Wildman–Crippen MR) is 60.0 cm³/mol. The van der Waals surface area contributed by atoms with Crippen molar-refractivity contribution in [2.75, 3.05) is 6.61 Å². The SMILES string of the molecule is O=C(O)N[C@@H]1COc2cc(/C(Cl)=N/O)ccc21. The Kier molecular flexibility index (Phi) is 3.06. The summed E-state index contributed by atoms with van der Waals surface area (Å²) in [6, 6.07) is 4.53. The maximum Gasteiger partial charge on any atom is 0.405 e. The molecule has 1 amide bonds. The zero-order valence-electron chi connectivity index (χ0n) is 8.55. The number of halogens is 1. The number of benzene rings is 1. The quantitative estimate of drug-likeness (QED) is 0.427. The van der Waals surface area contributed by atoms with Crippen LogP contribution in [0.3, 0.4) is 0 Å². The van der Waals surface area contributed by atoms with Crippen molar-refractivity contribution < 1.29 is 19.8 Å². The molecule has 1 aliphatic rings. The molecule has 1 aromatic rings. The molecule has 0 radical (unpaired) electrons. The first-order valence-corrected chi connectivity index (χ1v) is 5.13. The topological polar surface area (TPSA) is 91.2 Å². The van der Waals surface area contributed by atoms with E-state index in [1.165, 1.54) is 0 Å². The maximum atomic E-state index is 10.5. The molecule has 1 atom stereocenters. The number of hydrogen-bond acceptors (Lipinski definition) is 4. The van der Waals surface area contributed by atoms with E-state index >= 15 is 0 Å². The smallest absolute Gasteiger partial charge is 0.405 e. The number of nitrogens with one attached hydrogen (secondary N) is 1. The molecule has 0 spiro atoms. The summed E-state index contributed by atoms with van der Waals surface area (Å²) in [5.74, 6) is 0.531. The van der Waals surface area contributed by atoms with Crippen LogP contribution in [0.2, 0.25) is 0 Å². The van der Waals surface area contributed by atoms with Gasteiger partial charge in [0.2, 0.25) is 0 Å². The van der Waals surface area contributed by atoms with Crippen LogP contribution in [-0.4, -0.2) is 28.2 Å². The Balaban J connectivity index is 2.28. The Morgan fingerprint density at radius 2 is 2.35 bits per heavy atom. The van der Waals surface area contributed by atoms with Gasteiger partial charge in [-0.2, -0.15) is 0 Å². The van der Waals surface area contributed by atoms with Gasteiger partial charge in [0, 0.05) is 11.1 Å². The Morgan fingerprint density at radius 1 is 1.59 bits per heavy atom. The van der Waals surface area contributed by atoms with Crippen molar-refractivity contribution in [2.24, 2.45) is 5.16 Å². The van der Waals surface area contributed by atoms with E-state index in [4.69, 9.17) is 26.7 Å². The van der Waals surface area contributed by atoms with Gasteiger partial charge in [0.05, 0.1) is 6.04 Å². The Morgan fingerprint density at radius 3 is 3.00 bits per heavy atom. The highest BCUT2D eigenvalue weighted by atomic mass is 35.5. The molecule has 17 heavy (non-hydrogen) atoms. The van der Waals surface area contributed by atoms with E-state index in [1.807, 2.05) is 0 Å². The van der Waals surface area contributed by atoms with E-state index in [0.29, 0.717) is 11.3 Å². The van der Waals surface area contributed by atoms with Crippen LogP contribution in [0, 0.1) is 0 Å². The molecule has 2 rings (SSSR count). The zero-order chi connectivity index (χ0) is 12.4. The molecule has 0 saturated heterocycles. The predicted octanol–water partition coefficient (Wildman–Crippen LogP) is 1.76. The van der Waals surface area contributed by atoms with Crippen LogP contribution in [0.15, 0.2) is 23.4 Å². The van der Waals surface area contributed by atoms with E-state index in [2.05, 4.69) is 10.5 Å². The number of oxime groups is 1. The lowest BCUT2D eigenvalue weighted by Gasteiger charge is -2.07. The number of carboxylic acid groups (broad SMARTS) is 1. The van der Waals surface area contributed by atoms with Crippen molar-refractivity contribution >= 4 is 22.9 Å². The largest absolute Gasteiger partial charge is 0.491 e. The van der Waals surface area contributed by atoms with Crippen molar-refractivity contribution in [1.29, 1.82) is 0 Å². The standard InChI is InChI=1S/C10H9ClN2O4/c11-9(13-16)5-1-2-6-7(12-10(14)15)4-17-8(6)3-5/h1-3,7,12,16H,4H2,(H,14,15)/b13-9-/t7-/m1/s1. The van der Waals surface area contributed by atoms with Gasteiger partial charge in [-0.15, -0.1) is 0 Å². The van der Waals surface area contributed by atoms with Gasteiger partial charge in [-0.25, -0.2) is 4.79 Å². The summed E-state index contributed by atoms with van der Waals surface area (Å²) in [4.78, 5) is 10.5. The molecule has 3 N–H and O–H groups in total. The number of rotatable bonds is 2. The first kappa shape index (κ1) is 11.5. The minimum atomic E-state index is -1.11. The molecule has 0 fully saturated rings. The van der Waals surface area contributed by atoms with Crippen molar-refractivity contribution in [3.05, 3.63) is 29.3 Å². The lowest BCUT2D eigenvalue weighted by atomic mass is 10.1. The third-order valence-corrected chi connectivity index (χ3v) is 2.71. The van der Waals surface area contributed by atoms with Gasteiger partial charge in [-0.3, -0.25) is 0 Å². The van der Waals surface area contributed by atoms with Crippen LogP contribution in [-0.2, 0) is 0 Å². The molecule has 0 saturated carbocycles. The second-order valence-corrected chi connectivity index (χ2v) is 3.81. The average molecular weight is 257 g/mol. The summed E-state index contributed by atoms with van der Waals surface area (Å²) in [7, 11) is 0. The van der Waals surface area contributed by atoms with E-state index in [1.54, 1.807) is 18.2 Å². The minimum Gasteiger partial charge on any atom is -0.491 e. The summed E-state index contributed by atoms with van der Waals surface area (Å²) < 4.78 is 5.33. The molecule has 1 aliphatic heterocycles. The average Bonchev–Trinajstić information content (AvgIpc) is 2.70. The Bertz CT molecular complexity index is 489. The molecule has 0 aromatic heterocycles. The molecule has 0 aliphatic carbocycles. The van der Waals surface area contributed by atoms with Gasteiger partial charge in [0.1, 0.15) is 12.4 Å². The van der Waals surface area contributed by atoms with E-state index in [0.717, 1.165) is 5.56 Å². The van der Waals surface area contributed by atoms with Crippen molar-refractivity contribution in [3.8, 4) is 5.75 Å². The van der Waals surface area contributed by atoms with Crippen LogP contribution in [0.25, 0.3) is 0 Å². The molecular formula is C10H9ClN2O4. The maximum absolute atomic E-state index is 10.5. The summed E-state index contributed by atoms with van der Waals surface area (Å²) in [6.07, 6.45) is -1.11. The molecule has 6 nitrogen and oxygen atoms in total. The highest BCUT2D eigenvalue weighted by Gasteiger charge is 2.26. The fourth-order valence-corrected chi connectivity index (χ4v) is 1.78. The van der Waals surface area contributed by atoms with Crippen LogP contribution < -0.4 is 10.1 Å². The van der Waals surface area contributed by atoms with Crippen molar-refractivity contribution in [3.63, 3.8) is 0 Å². The summed E-state index contributed by atoms with van der Waals surface area (Å²) in [5.41, 5.74) is 1.24. The molecule has 90 valence electrons. The van der Waals surface area contributed by atoms with Crippen LogP contribution >= 0.6 is 11.6 Å². The first-order chi connectivity index (χ1) is 8.11. The lowest BCUT2D eigenvalue weighted by Crippen LogP contribution is -2.27. The number of amides is 1. The highest BCUT2D eigenvalue weighted by molar-refractivity contribution is 6.69. The van der Waals surface area contributed by atoms with Crippen LogP contribution in [0.1, 0.15) is 17.2 Å². The second-order valence-electron chi connectivity index (χ2n) is 3.46. The van der Waals surface area contributed by atoms with E-state index in [9.17, 15) is 4.79 Å². The van der Waals surface area contributed by atoms with Gasteiger partial charge in [-0.1, -0.05) is 28.9 Å². The van der Waals surface area contributed by atoms with Crippen molar-refractivity contribution in [2.45, 2.75) is 6.04 Å². The third-order valence-electron chi connectivity index (χ3n) is 2.42. The van der Waals surface area contributed by atoms with E-state index in [-0.39, 0.29) is 17.8 Å². The van der Waals surface area contributed by atoms with Gasteiger partial charge >= 0.3 is 6.09 Å². The molecular weight excluding hydrogens is 248 g/mol. The molecule has 0 bridgehead atoms. The molecule has 7 heteroatoms. The van der Waals surface area contributed by atoms with Gasteiger partial charge < -0.3 is 20.4 Å². The number of ether oxygens (including phenoxy) is 1. The number of hydrogen-bond donors (Lipinski definition) is 3. The number of nitrogens with zero attached hydrogens (tertiary/aromatic N) is 1. The first-order valence-electron chi connectivity index (χ1n) is 4.76. The normalized spacial score (nSPS) is 18.4. The number of fused-ring (bicyclic) bond motifs is 1.